The standard InChI is InChI=1S/C20H28BN3O3/c1-15-6-7-24(22-15)18-13-16(21-26-19(2,3)20(4,5)27-21)12-17(14-18)23-8-10-25-11-9-23/h6-7,12-14H,8-11H2,1-5H3. The molecule has 27 heavy (non-hydrogen) atoms. The molecule has 2 aromatic rings. The van der Waals surface area contributed by atoms with Crippen LogP contribution >= 0.6 is 0 Å². The molecule has 0 amide bonds. The van der Waals surface area contributed by atoms with Gasteiger partial charge in [0.2, 0.25) is 0 Å². The third-order valence-corrected chi connectivity index (χ3v) is 5.81. The van der Waals surface area contributed by atoms with Crippen molar-refractivity contribution in [3.05, 3.63) is 36.2 Å². The summed E-state index contributed by atoms with van der Waals surface area (Å²) >= 11 is 0. The Bertz CT molecular complexity index is 812. The fourth-order valence-corrected chi connectivity index (χ4v) is 3.43. The second-order valence-electron chi connectivity index (χ2n) is 8.37. The molecule has 0 spiro atoms. The summed E-state index contributed by atoms with van der Waals surface area (Å²) in [5.41, 5.74) is 3.43. The molecule has 2 saturated heterocycles. The van der Waals surface area contributed by atoms with Gasteiger partial charge in [0, 0.05) is 25.0 Å². The summed E-state index contributed by atoms with van der Waals surface area (Å²) in [6.45, 7) is 13.6. The van der Waals surface area contributed by atoms with Gasteiger partial charge < -0.3 is 18.9 Å². The van der Waals surface area contributed by atoms with E-state index in [0.29, 0.717) is 0 Å². The highest BCUT2D eigenvalue weighted by Crippen LogP contribution is 2.37. The zero-order valence-electron chi connectivity index (χ0n) is 16.9. The molecule has 2 aliphatic heterocycles. The summed E-state index contributed by atoms with van der Waals surface area (Å²) in [5.74, 6) is 0. The Balaban J connectivity index is 1.74. The molecule has 0 N–H and O–H groups in total. The molecule has 0 atom stereocenters. The highest BCUT2D eigenvalue weighted by atomic mass is 16.7. The van der Waals surface area contributed by atoms with Gasteiger partial charge in [-0.15, -0.1) is 0 Å². The minimum Gasteiger partial charge on any atom is -0.399 e. The van der Waals surface area contributed by atoms with Crippen molar-refractivity contribution < 1.29 is 14.0 Å². The van der Waals surface area contributed by atoms with Crippen LogP contribution in [0.25, 0.3) is 5.69 Å². The smallest absolute Gasteiger partial charge is 0.399 e. The van der Waals surface area contributed by atoms with Crippen LogP contribution < -0.4 is 10.4 Å². The Kier molecular flexibility index (Phi) is 4.57. The monoisotopic (exact) mass is 369 g/mol. The van der Waals surface area contributed by atoms with E-state index in [1.165, 1.54) is 0 Å². The number of hydrogen-bond donors (Lipinski definition) is 0. The van der Waals surface area contributed by atoms with Crippen LogP contribution in [0, 0.1) is 6.92 Å². The van der Waals surface area contributed by atoms with Crippen LogP contribution in [0.5, 0.6) is 0 Å². The van der Waals surface area contributed by atoms with Gasteiger partial charge in [-0.2, -0.15) is 5.10 Å². The second-order valence-corrected chi connectivity index (χ2v) is 8.37. The number of nitrogens with zero attached hydrogens (tertiary/aromatic N) is 3. The van der Waals surface area contributed by atoms with Crippen molar-refractivity contribution >= 4 is 18.3 Å². The van der Waals surface area contributed by atoms with E-state index in [4.69, 9.17) is 14.0 Å². The average molecular weight is 369 g/mol. The molecule has 0 aliphatic carbocycles. The van der Waals surface area contributed by atoms with E-state index in [9.17, 15) is 0 Å². The molecule has 1 aromatic carbocycles. The lowest BCUT2D eigenvalue weighted by atomic mass is 9.78. The highest BCUT2D eigenvalue weighted by Gasteiger charge is 2.51. The van der Waals surface area contributed by atoms with Gasteiger partial charge in [0.25, 0.3) is 0 Å². The molecule has 0 bridgehead atoms. The predicted molar refractivity (Wildman–Crippen MR) is 107 cm³/mol. The van der Waals surface area contributed by atoms with Crippen molar-refractivity contribution in [2.45, 2.75) is 45.8 Å². The van der Waals surface area contributed by atoms with Gasteiger partial charge >= 0.3 is 7.12 Å². The van der Waals surface area contributed by atoms with Crippen LogP contribution in [0.2, 0.25) is 0 Å². The fourth-order valence-electron chi connectivity index (χ4n) is 3.43. The van der Waals surface area contributed by atoms with Crippen molar-refractivity contribution in [2.24, 2.45) is 0 Å². The predicted octanol–water partition coefficient (Wildman–Crippen LogP) is 2.32. The van der Waals surface area contributed by atoms with Crippen LogP contribution in [0.15, 0.2) is 30.5 Å². The molecule has 144 valence electrons. The van der Waals surface area contributed by atoms with E-state index in [1.54, 1.807) is 0 Å². The number of anilines is 1. The lowest BCUT2D eigenvalue weighted by molar-refractivity contribution is 0.00578. The van der Waals surface area contributed by atoms with Crippen LogP contribution in [0.3, 0.4) is 0 Å². The molecule has 4 rings (SSSR count). The van der Waals surface area contributed by atoms with Crippen molar-refractivity contribution in [3.8, 4) is 5.69 Å². The number of hydrogen-bond acceptors (Lipinski definition) is 5. The third kappa shape index (κ3) is 3.51. The first-order valence-corrected chi connectivity index (χ1v) is 9.61. The van der Waals surface area contributed by atoms with Gasteiger partial charge in [0.1, 0.15) is 0 Å². The lowest BCUT2D eigenvalue weighted by Crippen LogP contribution is -2.41. The van der Waals surface area contributed by atoms with E-state index in [-0.39, 0.29) is 11.2 Å². The van der Waals surface area contributed by atoms with E-state index in [2.05, 4.69) is 55.9 Å². The maximum Gasteiger partial charge on any atom is 0.494 e. The Morgan fingerprint density at radius 2 is 1.59 bits per heavy atom. The Morgan fingerprint density at radius 1 is 0.963 bits per heavy atom. The minimum atomic E-state index is -0.397. The van der Waals surface area contributed by atoms with Gasteiger partial charge in [0.15, 0.2) is 0 Å². The Labute approximate surface area is 161 Å². The largest absolute Gasteiger partial charge is 0.494 e. The summed E-state index contributed by atoms with van der Waals surface area (Å²) in [6, 6.07) is 8.47. The SMILES string of the molecule is Cc1ccn(-c2cc(B3OC(C)(C)C(C)(C)O3)cc(N3CCOCC3)c2)n1. The molecule has 2 aliphatic rings. The summed E-state index contributed by atoms with van der Waals surface area (Å²) in [7, 11) is -0.397. The normalized spacial score (nSPS) is 21.7. The van der Waals surface area contributed by atoms with Crippen LogP contribution in [0.4, 0.5) is 5.69 Å². The summed E-state index contributed by atoms with van der Waals surface area (Å²) < 4.78 is 20.0. The molecule has 6 nitrogen and oxygen atoms in total. The Morgan fingerprint density at radius 3 is 2.19 bits per heavy atom. The van der Waals surface area contributed by atoms with E-state index >= 15 is 0 Å². The van der Waals surface area contributed by atoms with Crippen molar-refractivity contribution in [2.75, 3.05) is 31.2 Å². The van der Waals surface area contributed by atoms with Crippen LogP contribution in [-0.2, 0) is 14.0 Å². The van der Waals surface area contributed by atoms with E-state index in [0.717, 1.165) is 48.8 Å². The maximum absolute atomic E-state index is 6.29. The van der Waals surface area contributed by atoms with Gasteiger partial charge in [-0.1, -0.05) is 0 Å². The maximum atomic E-state index is 6.29. The molecule has 1 aromatic heterocycles. The summed E-state index contributed by atoms with van der Waals surface area (Å²) in [6.07, 6.45) is 1.99. The van der Waals surface area contributed by atoms with Crippen molar-refractivity contribution in [1.29, 1.82) is 0 Å². The van der Waals surface area contributed by atoms with Gasteiger partial charge in [-0.25, -0.2) is 4.68 Å². The fraction of sp³-hybridized carbons (Fsp3) is 0.550. The number of aryl methyl sites for hydroxylation is 1. The average Bonchev–Trinajstić information content (AvgIpc) is 3.16. The molecule has 7 heteroatoms. The van der Waals surface area contributed by atoms with Crippen molar-refractivity contribution in [1.82, 2.24) is 9.78 Å². The zero-order chi connectivity index (χ0) is 19.2. The molecular weight excluding hydrogens is 341 g/mol. The first-order chi connectivity index (χ1) is 12.7. The Hall–Kier alpha value is -1.83. The number of rotatable bonds is 3. The molecular formula is C20H28BN3O3. The zero-order valence-corrected chi connectivity index (χ0v) is 16.9. The van der Waals surface area contributed by atoms with Crippen LogP contribution in [0.1, 0.15) is 33.4 Å². The second kappa shape index (κ2) is 6.65. The lowest BCUT2D eigenvalue weighted by Gasteiger charge is -2.32. The van der Waals surface area contributed by atoms with Gasteiger partial charge in [0.05, 0.1) is 35.8 Å². The quantitative estimate of drug-likeness (QED) is 0.778. The van der Waals surface area contributed by atoms with Gasteiger partial charge in [-0.3, -0.25) is 0 Å². The molecule has 0 radical (unpaired) electrons. The van der Waals surface area contributed by atoms with E-state index in [1.807, 2.05) is 23.9 Å². The number of morpholine rings is 1. The molecule has 2 fully saturated rings. The molecule has 0 unspecified atom stereocenters. The first kappa shape index (κ1) is 18.5. The third-order valence-electron chi connectivity index (χ3n) is 5.81. The number of benzene rings is 1. The van der Waals surface area contributed by atoms with Gasteiger partial charge in [-0.05, 0) is 64.3 Å². The number of ether oxygens (including phenoxy) is 1. The first-order valence-electron chi connectivity index (χ1n) is 9.61. The van der Waals surface area contributed by atoms with Crippen LogP contribution in [-0.4, -0.2) is 54.4 Å². The number of aromatic nitrogens is 2. The molecule has 0 saturated carbocycles. The minimum absolute atomic E-state index is 0.366. The van der Waals surface area contributed by atoms with E-state index < -0.39 is 7.12 Å². The topological polar surface area (TPSA) is 48.8 Å². The van der Waals surface area contributed by atoms with Crippen molar-refractivity contribution in [3.63, 3.8) is 0 Å². The summed E-state index contributed by atoms with van der Waals surface area (Å²) in [5, 5.41) is 4.58. The summed E-state index contributed by atoms with van der Waals surface area (Å²) in [4.78, 5) is 2.35. The molecule has 3 heterocycles. The highest BCUT2D eigenvalue weighted by molar-refractivity contribution is 6.62.